The van der Waals surface area contributed by atoms with Crippen molar-refractivity contribution in [1.29, 1.82) is 0 Å². The van der Waals surface area contributed by atoms with Crippen molar-refractivity contribution in [2.24, 2.45) is 7.05 Å². The highest BCUT2D eigenvalue weighted by Gasteiger charge is 2.22. The zero-order valence-electron chi connectivity index (χ0n) is 11.3. The van der Waals surface area contributed by atoms with Gasteiger partial charge in [0.1, 0.15) is 11.2 Å². The number of hydrogen-bond donors (Lipinski definition) is 1. The lowest BCUT2D eigenvalue weighted by molar-refractivity contribution is 0.521. The van der Waals surface area contributed by atoms with E-state index in [2.05, 4.69) is 10.2 Å². The molecule has 0 saturated carbocycles. The summed E-state index contributed by atoms with van der Waals surface area (Å²) >= 11 is 1.27. The van der Waals surface area contributed by atoms with Gasteiger partial charge in [-0.3, -0.25) is 0 Å². The Labute approximate surface area is 121 Å². The number of hydrogen-bond acceptors (Lipinski definition) is 6. The van der Waals surface area contributed by atoms with Gasteiger partial charge in [-0.2, -0.15) is 0 Å². The van der Waals surface area contributed by atoms with Gasteiger partial charge in [-0.15, -0.1) is 10.2 Å². The molecule has 0 aliphatic heterocycles. The number of aryl methyl sites for hydroxylation is 1. The Hall–Kier alpha value is -1.58. The van der Waals surface area contributed by atoms with E-state index in [9.17, 15) is 8.42 Å². The molecule has 0 unspecified atom stereocenters. The van der Waals surface area contributed by atoms with Crippen LogP contribution < -0.4 is 5.73 Å². The number of nitrogens with two attached hydrogens (primary N) is 1. The van der Waals surface area contributed by atoms with Crippen LogP contribution in [0.25, 0.3) is 0 Å². The van der Waals surface area contributed by atoms with Crippen LogP contribution in [0.3, 0.4) is 0 Å². The zero-order valence-corrected chi connectivity index (χ0v) is 12.9. The Morgan fingerprint density at radius 3 is 2.60 bits per heavy atom. The van der Waals surface area contributed by atoms with E-state index in [-0.39, 0.29) is 10.6 Å². The van der Waals surface area contributed by atoms with E-state index in [1.165, 1.54) is 31.9 Å². The lowest BCUT2D eigenvalue weighted by atomic mass is 10.3. The molecule has 0 amide bonds. The summed E-state index contributed by atoms with van der Waals surface area (Å²) in [5, 5.41) is 8.35. The number of para-hydroxylation sites is 1. The Morgan fingerprint density at radius 1 is 1.35 bits per heavy atom. The van der Waals surface area contributed by atoms with Crippen molar-refractivity contribution in [3.63, 3.8) is 0 Å². The van der Waals surface area contributed by atoms with Crippen molar-refractivity contribution in [2.75, 3.05) is 19.8 Å². The van der Waals surface area contributed by atoms with Crippen LogP contribution in [0.4, 0.5) is 5.69 Å². The number of anilines is 1. The van der Waals surface area contributed by atoms with Crippen molar-refractivity contribution in [2.45, 2.75) is 14.9 Å². The molecule has 1 aromatic carbocycles. The standard InChI is InChI=1S/C11H15N5O2S2/c1-15(2)20(17,18)9-6-4-5-8(10(9)12)19-11-14-13-7-16(11)3/h4-7H,12H2,1-3H3. The Balaban J connectivity index is 2.46. The van der Waals surface area contributed by atoms with Crippen LogP contribution in [0, 0.1) is 0 Å². The molecular formula is C11H15N5O2S2. The fraction of sp³-hybridized carbons (Fsp3) is 0.273. The maximum absolute atomic E-state index is 12.2. The highest BCUT2D eigenvalue weighted by molar-refractivity contribution is 7.99. The van der Waals surface area contributed by atoms with Crippen LogP contribution in [0.15, 0.2) is 39.5 Å². The van der Waals surface area contributed by atoms with Crippen molar-refractivity contribution in [1.82, 2.24) is 19.1 Å². The van der Waals surface area contributed by atoms with E-state index in [1.54, 1.807) is 30.1 Å². The van der Waals surface area contributed by atoms with Gasteiger partial charge in [0.05, 0.1) is 5.69 Å². The lowest BCUT2D eigenvalue weighted by Crippen LogP contribution is -2.23. The first-order chi connectivity index (χ1) is 9.34. The fourth-order valence-corrected chi connectivity index (χ4v) is 3.44. The molecule has 0 radical (unpaired) electrons. The number of rotatable bonds is 4. The lowest BCUT2D eigenvalue weighted by Gasteiger charge is -2.15. The minimum Gasteiger partial charge on any atom is -0.397 e. The SMILES string of the molecule is CN(C)S(=O)(=O)c1cccc(Sc2nncn2C)c1N. The summed E-state index contributed by atoms with van der Waals surface area (Å²) in [6, 6.07) is 4.90. The van der Waals surface area contributed by atoms with Gasteiger partial charge in [-0.05, 0) is 23.9 Å². The Morgan fingerprint density at radius 2 is 2.05 bits per heavy atom. The number of aromatic nitrogens is 3. The molecule has 2 rings (SSSR count). The van der Waals surface area contributed by atoms with Crippen molar-refractivity contribution in [3.8, 4) is 0 Å². The summed E-state index contributed by atoms with van der Waals surface area (Å²) in [5.41, 5.74) is 6.21. The fourth-order valence-electron chi connectivity index (χ4n) is 1.50. The molecule has 9 heteroatoms. The molecule has 0 aliphatic rings. The number of nitrogen functional groups attached to an aromatic ring is 1. The van der Waals surface area contributed by atoms with Crippen LogP contribution in [0.2, 0.25) is 0 Å². The van der Waals surface area contributed by atoms with Crippen LogP contribution in [-0.4, -0.2) is 41.6 Å². The van der Waals surface area contributed by atoms with Crippen molar-refractivity contribution in [3.05, 3.63) is 24.5 Å². The third-order valence-corrected chi connectivity index (χ3v) is 5.66. The van der Waals surface area contributed by atoms with Gasteiger partial charge in [0, 0.05) is 26.0 Å². The van der Waals surface area contributed by atoms with Gasteiger partial charge in [0.15, 0.2) is 5.16 Å². The van der Waals surface area contributed by atoms with Crippen LogP contribution in [0.5, 0.6) is 0 Å². The van der Waals surface area contributed by atoms with Gasteiger partial charge in [-0.25, -0.2) is 12.7 Å². The molecule has 108 valence electrons. The predicted octanol–water partition coefficient (Wildman–Crippen LogP) is 0.799. The summed E-state index contributed by atoms with van der Waals surface area (Å²) in [6.45, 7) is 0. The average molecular weight is 313 g/mol. The number of sulfonamides is 1. The maximum Gasteiger partial charge on any atom is 0.244 e. The second-order valence-corrected chi connectivity index (χ2v) is 7.41. The zero-order chi connectivity index (χ0) is 14.9. The van der Waals surface area contributed by atoms with Gasteiger partial charge in [0.2, 0.25) is 10.0 Å². The third-order valence-electron chi connectivity index (χ3n) is 2.66. The van der Waals surface area contributed by atoms with E-state index in [1.807, 2.05) is 0 Å². The summed E-state index contributed by atoms with van der Waals surface area (Å²) in [5.74, 6) is 0. The smallest absolute Gasteiger partial charge is 0.244 e. The van der Waals surface area contributed by atoms with Gasteiger partial charge >= 0.3 is 0 Å². The molecule has 0 atom stereocenters. The maximum atomic E-state index is 12.2. The summed E-state index contributed by atoms with van der Waals surface area (Å²) < 4.78 is 27.2. The van der Waals surface area contributed by atoms with Gasteiger partial charge in [-0.1, -0.05) is 6.07 Å². The van der Waals surface area contributed by atoms with E-state index in [4.69, 9.17) is 5.73 Å². The highest BCUT2D eigenvalue weighted by Crippen LogP contribution is 2.34. The Bertz CT molecular complexity index is 724. The average Bonchev–Trinajstić information content (AvgIpc) is 2.77. The third kappa shape index (κ3) is 2.65. The summed E-state index contributed by atoms with van der Waals surface area (Å²) in [6.07, 6.45) is 1.57. The van der Waals surface area contributed by atoms with Crippen molar-refractivity contribution < 1.29 is 8.42 Å². The van der Waals surface area contributed by atoms with Crippen LogP contribution >= 0.6 is 11.8 Å². The molecule has 0 fully saturated rings. The minimum absolute atomic E-state index is 0.0923. The summed E-state index contributed by atoms with van der Waals surface area (Å²) in [4.78, 5) is 0.721. The first-order valence-electron chi connectivity index (χ1n) is 5.67. The molecular weight excluding hydrogens is 298 g/mol. The van der Waals surface area contributed by atoms with Crippen LogP contribution in [-0.2, 0) is 17.1 Å². The molecule has 0 bridgehead atoms. The topological polar surface area (TPSA) is 94.1 Å². The molecule has 1 aromatic heterocycles. The second kappa shape index (κ2) is 5.43. The monoisotopic (exact) mass is 313 g/mol. The first-order valence-corrected chi connectivity index (χ1v) is 7.92. The van der Waals surface area contributed by atoms with Gasteiger partial charge < -0.3 is 10.3 Å². The quantitative estimate of drug-likeness (QED) is 0.839. The summed E-state index contributed by atoms with van der Waals surface area (Å²) in [7, 11) is 1.18. The first kappa shape index (κ1) is 14.8. The van der Waals surface area contributed by atoms with Crippen molar-refractivity contribution >= 4 is 27.5 Å². The predicted molar refractivity (Wildman–Crippen MR) is 76.9 cm³/mol. The van der Waals surface area contributed by atoms with E-state index >= 15 is 0 Å². The minimum atomic E-state index is -3.57. The molecule has 1 heterocycles. The van der Waals surface area contributed by atoms with E-state index in [0.717, 1.165) is 4.31 Å². The number of nitrogens with zero attached hydrogens (tertiary/aromatic N) is 4. The molecule has 7 nitrogen and oxygen atoms in total. The molecule has 20 heavy (non-hydrogen) atoms. The second-order valence-electron chi connectivity index (χ2n) is 4.28. The number of benzene rings is 1. The highest BCUT2D eigenvalue weighted by atomic mass is 32.2. The molecule has 2 aromatic rings. The molecule has 0 spiro atoms. The Kier molecular flexibility index (Phi) is 4.02. The molecule has 2 N–H and O–H groups in total. The molecule has 0 saturated heterocycles. The largest absolute Gasteiger partial charge is 0.397 e. The van der Waals surface area contributed by atoms with Gasteiger partial charge in [0.25, 0.3) is 0 Å². The van der Waals surface area contributed by atoms with E-state index in [0.29, 0.717) is 10.1 Å². The normalized spacial score (nSPS) is 12.0. The van der Waals surface area contributed by atoms with E-state index < -0.39 is 10.0 Å². The molecule has 0 aliphatic carbocycles. The van der Waals surface area contributed by atoms with Crippen LogP contribution in [0.1, 0.15) is 0 Å².